The summed E-state index contributed by atoms with van der Waals surface area (Å²) in [7, 11) is 0. The van der Waals surface area contributed by atoms with Gasteiger partial charge in [-0.05, 0) is 62.1 Å². The third-order valence-electron chi connectivity index (χ3n) is 4.01. The highest BCUT2D eigenvalue weighted by molar-refractivity contribution is 14.1. The van der Waals surface area contributed by atoms with E-state index in [9.17, 15) is 4.79 Å². The van der Waals surface area contributed by atoms with Gasteiger partial charge in [0.15, 0.2) is 0 Å². The van der Waals surface area contributed by atoms with E-state index in [1.165, 1.54) is 42.4 Å². The van der Waals surface area contributed by atoms with Crippen LogP contribution in [-0.4, -0.2) is 15.7 Å². The predicted octanol–water partition coefficient (Wildman–Crippen LogP) is 4.27. The third-order valence-corrected chi connectivity index (χ3v) is 5.57. The van der Waals surface area contributed by atoms with Crippen molar-refractivity contribution >= 4 is 28.5 Å². The summed E-state index contributed by atoms with van der Waals surface area (Å²) in [4.78, 5) is 12.3. The molecule has 1 aliphatic carbocycles. The van der Waals surface area contributed by atoms with Gasteiger partial charge in [-0.25, -0.2) is 4.68 Å². The average Bonchev–Trinajstić information content (AvgIpc) is 2.67. The molecule has 0 amide bonds. The number of aryl methyl sites for hydroxylation is 1. The van der Waals surface area contributed by atoms with Gasteiger partial charge in [-0.3, -0.25) is 4.79 Å². The molecule has 19 heavy (non-hydrogen) atoms. The number of aromatic nitrogens is 2. The standard InChI is InChI=1S/C15H21IN2O/c1-10(13-7-5-4-6-8-13)9-14(19)18-12(3)15(16)11(2)17-18/h9,13H,4-8H2,1-3H3/b10-9-. The second-order valence-corrected chi connectivity index (χ2v) is 6.54. The van der Waals surface area contributed by atoms with E-state index in [0.717, 1.165) is 15.0 Å². The first-order valence-corrected chi connectivity index (χ1v) is 8.03. The largest absolute Gasteiger partial charge is 0.271 e. The SMILES string of the molecule is C/C(=C/C(=O)n1nc(C)c(I)c1C)C1CCCCC1. The molecule has 3 nitrogen and oxygen atoms in total. The summed E-state index contributed by atoms with van der Waals surface area (Å²) in [6.45, 7) is 5.98. The molecule has 1 aliphatic rings. The van der Waals surface area contributed by atoms with Crippen molar-refractivity contribution in [3.8, 4) is 0 Å². The van der Waals surface area contributed by atoms with Crippen molar-refractivity contribution < 1.29 is 4.79 Å². The van der Waals surface area contributed by atoms with Crippen LogP contribution in [0.2, 0.25) is 0 Å². The minimum absolute atomic E-state index is 0.00779. The molecule has 2 rings (SSSR count). The maximum atomic E-state index is 12.3. The Kier molecular flexibility index (Phi) is 4.81. The predicted molar refractivity (Wildman–Crippen MR) is 85.4 cm³/mol. The zero-order chi connectivity index (χ0) is 14.0. The number of carbonyl (C=O) groups is 1. The van der Waals surface area contributed by atoms with E-state index in [-0.39, 0.29) is 5.91 Å². The van der Waals surface area contributed by atoms with Crippen LogP contribution in [0.1, 0.15) is 55.2 Å². The number of allylic oxidation sites excluding steroid dienone is 2. The van der Waals surface area contributed by atoms with Crippen LogP contribution >= 0.6 is 22.6 Å². The van der Waals surface area contributed by atoms with Gasteiger partial charge in [-0.15, -0.1) is 0 Å². The van der Waals surface area contributed by atoms with E-state index in [1.54, 1.807) is 6.08 Å². The van der Waals surface area contributed by atoms with Crippen molar-refractivity contribution in [2.75, 3.05) is 0 Å². The number of nitrogens with zero attached hydrogens (tertiary/aromatic N) is 2. The number of rotatable bonds is 2. The Morgan fingerprint density at radius 2 is 1.95 bits per heavy atom. The lowest BCUT2D eigenvalue weighted by molar-refractivity contribution is 0.0949. The van der Waals surface area contributed by atoms with E-state index in [4.69, 9.17) is 0 Å². The van der Waals surface area contributed by atoms with Gasteiger partial charge < -0.3 is 0 Å². The summed E-state index contributed by atoms with van der Waals surface area (Å²) >= 11 is 2.24. The maximum Gasteiger partial charge on any atom is 0.271 e. The summed E-state index contributed by atoms with van der Waals surface area (Å²) < 4.78 is 2.61. The molecule has 1 aromatic heterocycles. The van der Waals surface area contributed by atoms with Crippen LogP contribution in [0.5, 0.6) is 0 Å². The first kappa shape index (κ1) is 14.8. The second-order valence-electron chi connectivity index (χ2n) is 5.46. The summed E-state index contributed by atoms with van der Waals surface area (Å²) in [5.41, 5.74) is 3.08. The van der Waals surface area contributed by atoms with Gasteiger partial charge in [0.05, 0.1) is 15.0 Å². The molecule has 0 saturated heterocycles. The monoisotopic (exact) mass is 372 g/mol. The van der Waals surface area contributed by atoms with Crippen LogP contribution in [0, 0.1) is 23.3 Å². The van der Waals surface area contributed by atoms with Gasteiger partial charge >= 0.3 is 0 Å². The Balaban J connectivity index is 2.17. The highest BCUT2D eigenvalue weighted by Gasteiger charge is 2.18. The highest BCUT2D eigenvalue weighted by atomic mass is 127. The van der Waals surface area contributed by atoms with Crippen molar-refractivity contribution in [2.45, 2.75) is 52.9 Å². The van der Waals surface area contributed by atoms with Crippen LogP contribution in [-0.2, 0) is 0 Å². The quantitative estimate of drug-likeness (QED) is 0.574. The molecular formula is C15H21IN2O. The van der Waals surface area contributed by atoms with E-state index in [0.29, 0.717) is 5.92 Å². The van der Waals surface area contributed by atoms with Crippen LogP contribution in [0.4, 0.5) is 0 Å². The molecule has 4 heteroatoms. The lowest BCUT2D eigenvalue weighted by Gasteiger charge is -2.22. The summed E-state index contributed by atoms with van der Waals surface area (Å²) in [5, 5.41) is 4.32. The lowest BCUT2D eigenvalue weighted by Crippen LogP contribution is -2.14. The van der Waals surface area contributed by atoms with Crippen LogP contribution < -0.4 is 0 Å². The second kappa shape index (κ2) is 6.20. The molecule has 1 aromatic rings. The van der Waals surface area contributed by atoms with Crippen LogP contribution in [0.3, 0.4) is 0 Å². The molecule has 0 aromatic carbocycles. The van der Waals surface area contributed by atoms with E-state index >= 15 is 0 Å². The van der Waals surface area contributed by atoms with Gasteiger partial charge in [0.2, 0.25) is 0 Å². The smallest absolute Gasteiger partial charge is 0.267 e. The third kappa shape index (κ3) is 3.27. The molecule has 0 radical (unpaired) electrons. The number of hydrogen-bond acceptors (Lipinski definition) is 2. The molecule has 0 spiro atoms. The normalized spacial score (nSPS) is 17.8. The molecular weight excluding hydrogens is 351 g/mol. The minimum atomic E-state index is -0.00779. The van der Waals surface area contributed by atoms with Gasteiger partial charge in [0.1, 0.15) is 0 Å². The number of hydrogen-bond donors (Lipinski definition) is 0. The van der Waals surface area contributed by atoms with Gasteiger partial charge in [-0.2, -0.15) is 5.10 Å². The van der Waals surface area contributed by atoms with Gasteiger partial charge in [-0.1, -0.05) is 24.8 Å². The Labute approximate surface area is 128 Å². The number of halogens is 1. The Hall–Kier alpha value is -0.650. The van der Waals surface area contributed by atoms with Crippen molar-refractivity contribution in [1.82, 2.24) is 9.78 Å². The Bertz CT molecular complexity index is 510. The topological polar surface area (TPSA) is 34.9 Å². The molecule has 0 bridgehead atoms. The van der Waals surface area contributed by atoms with Crippen LogP contribution in [0.25, 0.3) is 0 Å². The molecule has 0 atom stereocenters. The zero-order valence-electron chi connectivity index (χ0n) is 11.9. The van der Waals surface area contributed by atoms with Crippen molar-refractivity contribution in [3.05, 3.63) is 26.6 Å². The Morgan fingerprint density at radius 1 is 1.32 bits per heavy atom. The number of carbonyl (C=O) groups excluding carboxylic acids is 1. The van der Waals surface area contributed by atoms with E-state index in [2.05, 4.69) is 34.6 Å². The highest BCUT2D eigenvalue weighted by Crippen LogP contribution is 2.29. The minimum Gasteiger partial charge on any atom is -0.267 e. The molecule has 1 fully saturated rings. The molecule has 0 aliphatic heterocycles. The molecule has 1 saturated carbocycles. The fraction of sp³-hybridized carbons (Fsp3) is 0.600. The molecule has 0 N–H and O–H groups in total. The summed E-state index contributed by atoms with van der Waals surface area (Å²) in [5.74, 6) is 0.584. The van der Waals surface area contributed by atoms with Gasteiger partial charge in [0, 0.05) is 6.08 Å². The van der Waals surface area contributed by atoms with Crippen molar-refractivity contribution in [3.63, 3.8) is 0 Å². The zero-order valence-corrected chi connectivity index (χ0v) is 14.0. The first-order chi connectivity index (χ1) is 9.00. The molecule has 1 heterocycles. The average molecular weight is 372 g/mol. The lowest BCUT2D eigenvalue weighted by atomic mass is 9.84. The molecule has 0 unspecified atom stereocenters. The summed E-state index contributed by atoms with van der Waals surface area (Å²) in [6.07, 6.45) is 8.16. The molecule has 104 valence electrons. The van der Waals surface area contributed by atoms with Crippen LogP contribution in [0.15, 0.2) is 11.6 Å². The Morgan fingerprint density at radius 3 is 2.47 bits per heavy atom. The maximum absolute atomic E-state index is 12.3. The fourth-order valence-electron chi connectivity index (χ4n) is 2.77. The fourth-order valence-corrected chi connectivity index (χ4v) is 3.11. The van der Waals surface area contributed by atoms with E-state index < -0.39 is 0 Å². The van der Waals surface area contributed by atoms with Gasteiger partial charge in [0.25, 0.3) is 5.91 Å². The van der Waals surface area contributed by atoms with Crippen molar-refractivity contribution in [1.29, 1.82) is 0 Å². The first-order valence-electron chi connectivity index (χ1n) is 6.95. The van der Waals surface area contributed by atoms with E-state index in [1.807, 2.05) is 13.8 Å². The van der Waals surface area contributed by atoms with Crippen molar-refractivity contribution in [2.24, 2.45) is 5.92 Å². The summed E-state index contributed by atoms with van der Waals surface area (Å²) in [6, 6.07) is 0.